The molecule has 0 aromatic carbocycles. The van der Waals surface area contributed by atoms with Crippen LogP contribution in [0, 0.1) is 6.92 Å². The summed E-state index contributed by atoms with van der Waals surface area (Å²) >= 11 is 0. The lowest BCUT2D eigenvalue weighted by atomic mass is 9.88. The van der Waals surface area contributed by atoms with Crippen molar-refractivity contribution in [3.8, 4) is 0 Å². The molecule has 2 aliphatic heterocycles. The molecule has 0 saturated carbocycles. The van der Waals surface area contributed by atoms with Gasteiger partial charge in [0, 0.05) is 17.7 Å². The van der Waals surface area contributed by atoms with E-state index in [-0.39, 0.29) is 0 Å². The molecule has 1 aromatic rings. The van der Waals surface area contributed by atoms with Crippen LogP contribution >= 0.6 is 0 Å². The number of nitrogens with zero attached hydrogens (tertiary/aromatic N) is 2. The lowest BCUT2D eigenvalue weighted by Gasteiger charge is -2.17. The number of hydrogen-bond donors (Lipinski definition) is 1. The second kappa shape index (κ2) is 3.17. The molecule has 4 nitrogen and oxygen atoms in total. The van der Waals surface area contributed by atoms with Crippen molar-refractivity contribution < 1.29 is 4.74 Å². The molecule has 1 aromatic heterocycles. The number of ether oxygens (including phenoxy) is 1. The molecule has 3 unspecified atom stereocenters. The quantitative estimate of drug-likeness (QED) is 0.752. The van der Waals surface area contributed by atoms with Crippen molar-refractivity contribution in [1.82, 2.24) is 9.97 Å². The number of nitrogens with two attached hydrogens (primary N) is 1. The molecule has 0 radical (unpaired) electrons. The minimum Gasteiger partial charge on any atom is -0.384 e. The van der Waals surface area contributed by atoms with Gasteiger partial charge in [-0.1, -0.05) is 0 Å². The molecule has 80 valence electrons. The smallest absolute Gasteiger partial charge is 0.136 e. The normalized spacial score (nSPS) is 33.5. The largest absolute Gasteiger partial charge is 0.384 e. The minimum atomic E-state index is 0.330. The number of fused-ring (bicyclic) bond motifs is 2. The van der Waals surface area contributed by atoms with Crippen LogP contribution < -0.4 is 5.73 Å². The van der Waals surface area contributed by atoms with E-state index in [1.165, 1.54) is 6.42 Å². The molecule has 0 spiro atoms. The van der Waals surface area contributed by atoms with Crippen molar-refractivity contribution in [3.63, 3.8) is 0 Å². The zero-order valence-electron chi connectivity index (χ0n) is 8.81. The highest BCUT2D eigenvalue weighted by atomic mass is 16.5. The summed E-state index contributed by atoms with van der Waals surface area (Å²) in [7, 11) is 0. The van der Waals surface area contributed by atoms with Gasteiger partial charge in [0.1, 0.15) is 11.6 Å². The first-order chi connectivity index (χ1) is 7.22. The summed E-state index contributed by atoms with van der Waals surface area (Å²) in [4.78, 5) is 8.79. The molecule has 2 N–H and O–H groups in total. The highest BCUT2D eigenvalue weighted by Crippen LogP contribution is 2.43. The summed E-state index contributed by atoms with van der Waals surface area (Å²) in [5.74, 6) is 1.81. The van der Waals surface area contributed by atoms with Gasteiger partial charge < -0.3 is 10.5 Å². The summed E-state index contributed by atoms with van der Waals surface area (Å²) in [5.41, 5.74) is 6.68. The van der Waals surface area contributed by atoms with Crippen molar-refractivity contribution >= 4 is 5.82 Å². The van der Waals surface area contributed by atoms with Crippen molar-refractivity contribution in [2.75, 3.05) is 5.73 Å². The Labute approximate surface area is 88.9 Å². The molecule has 2 saturated heterocycles. The average Bonchev–Trinajstić information content (AvgIpc) is 2.76. The predicted molar refractivity (Wildman–Crippen MR) is 56.4 cm³/mol. The van der Waals surface area contributed by atoms with Gasteiger partial charge in [-0.3, -0.25) is 0 Å². The number of aromatic nitrogens is 2. The number of rotatable bonds is 1. The highest BCUT2D eigenvalue weighted by molar-refractivity contribution is 5.30. The Hall–Kier alpha value is -1.16. The molecular formula is C11H15N3O. The van der Waals surface area contributed by atoms with Crippen LogP contribution in [0.2, 0.25) is 0 Å². The Kier molecular flexibility index (Phi) is 1.92. The Morgan fingerprint density at radius 1 is 1.40 bits per heavy atom. The van der Waals surface area contributed by atoms with Gasteiger partial charge in [-0.2, -0.15) is 0 Å². The average molecular weight is 205 g/mol. The molecule has 0 amide bonds. The van der Waals surface area contributed by atoms with Crippen LogP contribution in [0.25, 0.3) is 0 Å². The fraction of sp³-hybridized carbons (Fsp3) is 0.636. The molecule has 3 atom stereocenters. The van der Waals surface area contributed by atoms with Gasteiger partial charge in [-0.05, 0) is 26.2 Å². The van der Waals surface area contributed by atoms with Crippen LogP contribution in [0.5, 0.6) is 0 Å². The summed E-state index contributed by atoms with van der Waals surface area (Å²) < 4.78 is 5.80. The van der Waals surface area contributed by atoms with Crippen LogP contribution in [0.1, 0.15) is 36.7 Å². The van der Waals surface area contributed by atoms with Crippen LogP contribution in [-0.4, -0.2) is 22.2 Å². The van der Waals surface area contributed by atoms with Gasteiger partial charge in [0.2, 0.25) is 0 Å². The SMILES string of the molecule is Cc1cc(N)nc(C2CC3CCC2O3)n1. The van der Waals surface area contributed by atoms with E-state index in [1.54, 1.807) is 6.07 Å². The molecule has 3 rings (SSSR count). The first-order valence-electron chi connectivity index (χ1n) is 5.49. The van der Waals surface area contributed by atoms with Crippen molar-refractivity contribution in [3.05, 3.63) is 17.6 Å². The number of hydrogen-bond acceptors (Lipinski definition) is 4. The van der Waals surface area contributed by atoms with Gasteiger partial charge in [0.25, 0.3) is 0 Å². The van der Waals surface area contributed by atoms with E-state index in [4.69, 9.17) is 10.5 Å². The molecule has 0 aliphatic carbocycles. The maximum Gasteiger partial charge on any atom is 0.136 e. The van der Waals surface area contributed by atoms with Gasteiger partial charge >= 0.3 is 0 Å². The van der Waals surface area contributed by atoms with Crippen LogP contribution in [-0.2, 0) is 4.74 Å². The van der Waals surface area contributed by atoms with Crippen molar-refractivity contribution in [2.45, 2.75) is 44.3 Å². The third kappa shape index (κ3) is 1.49. The molecule has 2 bridgehead atoms. The van der Waals surface area contributed by atoms with E-state index >= 15 is 0 Å². The van der Waals surface area contributed by atoms with Gasteiger partial charge in [0.05, 0.1) is 12.2 Å². The van der Waals surface area contributed by atoms with Crippen LogP contribution in [0.15, 0.2) is 6.07 Å². The summed E-state index contributed by atoms with van der Waals surface area (Å²) in [6.07, 6.45) is 4.17. The third-order valence-corrected chi connectivity index (χ3v) is 3.33. The fourth-order valence-electron chi connectivity index (χ4n) is 2.69. The zero-order valence-corrected chi connectivity index (χ0v) is 8.81. The first-order valence-corrected chi connectivity index (χ1v) is 5.49. The lowest BCUT2D eigenvalue weighted by molar-refractivity contribution is 0.0999. The Bertz CT molecular complexity index is 373. The Morgan fingerprint density at radius 3 is 2.87 bits per heavy atom. The molecule has 2 fully saturated rings. The van der Waals surface area contributed by atoms with E-state index in [9.17, 15) is 0 Å². The van der Waals surface area contributed by atoms with Crippen molar-refractivity contribution in [1.29, 1.82) is 0 Å². The first kappa shape index (κ1) is 9.09. The second-order valence-electron chi connectivity index (χ2n) is 4.51. The number of anilines is 1. The number of aryl methyl sites for hydroxylation is 1. The van der Waals surface area contributed by atoms with E-state index in [0.29, 0.717) is 23.9 Å². The van der Waals surface area contributed by atoms with Gasteiger partial charge in [-0.25, -0.2) is 9.97 Å². The molecule has 4 heteroatoms. The lowest BCUT2D eigenvalue weighted by Crippen LogP contribution is -2.18. The fourth-order valence-corrected chi connectivity index (χ4v) is 2.69. The Balaban J connectivity index is 1.93. The molecular weight excluding hydrogens is 190 g/mol. The standard InChI is InChI=1S/C11H15N3O/c1-6-4-10(12)14-11(13-6)8-5-7-2-3-9(8)15-7/h4,7-9H,2-3,5H2,1H3,(H2,12,13,14). The Morgan fingerprint density at radius 2 is 2.27 bits per heavy atom. The molecule has 2 aliphatic rings. The molecule has 3 heterocycles. The second-order valence-corrected chi connectivity index (χ2v) is 4.51. The van der Waals surface area contributed by atoms with E-state index in [0.717, 1.165) is 24.4 Å². The monoisotopic (exact) mass is 205 g/mol. The summed E-state index contributed by atoms with van der Waals surface area (Å²) in [6, 6.07) is 1.80. The van der Waals surface area contributed by atoms with Crippen molar-refractivity contribution in [2.24, 2.45) is 0 Å². The van der Waals surface area contributed by atoms with Gasteiger partial charge in [-0.15, -0.1) is 0 Å². The van der Waals surface area contributed by atoms with E-state index in [1.807, 2.05) is 6.92 Å². The highest BCUT2D eigenvalue weighted by Gasteiger charge is 2.42. The maximum atomic E-state index is 5.80. The van der Waals surface area contributed by atoms with Crippen LogP contribution in [0.3, 0.4) is 0 Å². The summed E-state index contributed by atoms with van der Waals surface area (Å²) in [6.45, 7) is 1.95. The minimum absolute atomic E-state index is 0.330. The predicted octanol–water partition coefficient (Wildman–Crippen LogP) is 1.40. The topological polar surface area (TPSA) is 61.0 Å². The van der Waals surface area contributed by atoms with Gasteiger partial charge in [0.15, 0.2) is 0 Å². The zero-order chi connectivity index (χ0) is 10.4. The molecule has 15 heavy (non-hydrogen) atoms. The third-order valence-electron chi connectivity index (χ3n) is 3.33. The van der Waals surface area contributed by atoms with E-state index in [2.05, 4.69) is 9.97 Å². The summed E-state index contributed by atoms with van der Waals surface area (Å²) in [5, 5.41) is 0. The van der Waals surface area contributed by atoms with Crippen LogP contribution in [0.4, 0.5) is 5.82 Å². The number of nitrogen functional groups attached to an aromatic ring is 1. The maximum absolute atomic E-state index is 5.80. The van der Waals surface area contributed by atoms with E-state index < -0.39 is 0 Å².